The quantitative estimate of drug-likeness (QED) is 0.612. The fourth-order valence-corrected chi connectivity index (χ4v) is 3.59. The van der Waals surface area contributed by atoms with Gasteiger partial charge in [-0.05, 0) is 45.2 Å². The molecule has 0 heterocycles. The molecular formula is C19H16O. The number of phenols is 1. The number of fused-ring (bicyclic) bond motifs is 5. The van der Waals surface area contributed by atoms with E-state index in [4.69, 9.17) is 0 Å². The lowest BCUT2D eigenvalue weighted by Crippen LogP contribution is -2.15. The summed E-state index contributed by atoms with van der Waals surface area (Å²) in [5.74, 6) is 0.342. The Morgan fingerprint density at radius 3 is 2.45 bits per heavy atom. The van der Waals surface area contributed by atoms with E-state index in [1.54, 1.807) is 6.07 Å². The lowest BCUT2D eigenvalue weighted by atomic mass is 9.80. The SMILES string of the molecule is CC1(C)c2cc(O)ccc2-c2ccc3ccccc3c21. The average molecular weight is 260 g/mol. The van der Waals surface area contributed by atoms with Crippen molar-refractivity contribution in [3.63, 3.8) is 0 Å². The normalized spacial score (nSPS) is 15.1. The van der Waals surface area contributed by atoms with Crippen LogP contribution in [0.1, 0.15) is 25.0 Å². The van der Waals surface area contributed by atoms with Crippen LogP contribution in [-0.4, -0.2) is 5.11 Å². The summed E-state index contributed by atoms with van der Waals surface area (Å²) in [6.07, 6.45) is 0. The summed E-state index contributed by atoms with van der Waals surface area (Å²) in [5.41, 5.74) is 5.04. The lowest BCUT2D eigenvalue weighted by Gasteiger charge is -2.23. The highest BCUT2D eigenvalue weighted by Gasteiger charge is 2.36. The minimum absolute atomic E-state index is 0.0791. The minimum atomic E-state index is -0.0791. The fraction of sp³-hybridized carbons (Fsp3) is 0.158. The van der Waals surface area contributed by atoms with E-state index in [2.05, 4.69) is 50.2 Å². The topological polar surface area (TPSA) is 20.2 Å². The Hall–Kier alpha value is -2.28. The molecule has 98 valence electrons. The van der Waals surface area contributed by atoms with Gasteiger partial charge in [0.15, 0.2) is 0 Å². The lowest BCUT2D eigenvalue weighted by molar-refractivity contribution is 0.473. The second-order valence-corrected chi connectivity index (χ2v) is 6.06. The van der Waals surface area contributed by atoms with Crippen LogP contribution >= 0.6 is 0 Å². The highest BCUT2D eigenvalue weighted by atomic mass is 16.3. The van der Waals surface area contributed by atoms with Gasteiger partial charge in [-0.15, -0.1) is 0 Å². The Balaban J connectivity index is 2.17. The number of phenolic OH excluding ortho intramolecular Hbond substituents is 1. The van der Waals surface area contributed by atoms with Gasteiger partial charge in [0.05, 0.1) is 0 Å². The van der Waals surface area contributed by atoms with Crippen LogP contribution in [-0.2, 0) is 5.41 Å². The Morgan fingerprint density at radius 2 is 1.60 bits per heavy atom. The second-order valence-electron chi connectivity index (χ2n) is 6.06. The summed E-state index contributed by atoms with van der Waals surface area (Å²) in [6.45, 7) is 4.48. The molecule has 1 nitrogen and oxygen atoms in total. The number of aromatic hydroxyl groups is 1. The van der Waals surface area contributed by atoms with E-state index in [0.717, 1.165) is 0 Å². The van der Waals surface area contributed by atoms with Crippen molar-refractivity contribution in [1.82, 2.24) is 0 Å². The first-order valence-electron chi connectivity index (χ1n) is 6.95. The van der Waals surface area contributed by atoms with Crippen LogP contribution in [0.15, 0.2) is 54.6 Å². The maximum atomic E-state index is 9.82. The van der Waals surface area contributed by atoms with Crippen molar-refractivity contribution >= 4 is 10.8 Å². The van der Waals surface area contributed by atoms with Gasteiger partial charge < -0.3 is 5.11 Å². The number of hydrogen-bond acceptors (Lipinski definition) is 1. The molecule has 3 aromatic rings. The predicted octanol–water partition coefficient (Wildman–Crippen LogP) is 4.85. The smallest absolute Gasteiger partial charge is 0.115 e. The van der Waals surface area contributed by atoms with Crippen LogP contribution in [0.5, 0.6) is 5.75 Å². The monoisotopic (exact) mass is 260 g/mol. The van der Waals surface area contributed by atoms with Gasteiger partial charge in [0.2, 0.25) is 0 Å². The van der Waals surface area contributed by atoms with E-state index >= 15 is 0 Å². The van der Waals surface area contributed by atoms with Gasteiger partial charge in [-0.3, -0.25) is 0 Å². The minimum Gasteiger partial charge on any atom is -0.508 e. The zero-order valence-electron chi connectivity index (χ0n) is 11.6. The van der Waals surface area contributed by atoms with Crippen LogP contribution in [0, 0.1) is 0 Å². The summed E-state index contributed by atoms with van der Waals surface area (Å²) in [5, 5.41) is 12.4. The molecule has 1 aliphatic carbocycles. The first-order chi connectivity index (χ1) is 9.59. The summed E-state index contributed by atoms with van der Waals surface area (Å²) in [6, 6.07) is 18.6. The molecule has 1 aliphatic rings. The van der Waals surface area contributed by atoms with Crippen LogP contribution in [0.3, 0.4) is 0 Å². The molecule has 0 bridgehead atoms. The third kappa shape index (κ3) is 1.32. The molecule has 0 atom stereocenters. The fourth-order valence-electron chi connectivity index (χ4n) is 3.59. The van der Waals surface area contributed by atoms with Gasteiger partial charge in [0.1, 0.15) is 5.75 Å². The molecular weight excluding hydrogens is 244 g/mol. The summed E-state index contributed by atoms with van der Waals surface area (Å²) in [7, 11) is 0. The molecule has 1 heteroatoms. The van der Waals surface area contributed by atoms with Gasteiger partial charge in [0.25, 0.3) is 0 Å². The van der Waals surface area contributed by atoms with Crippen molar-refractivity contribution in [2.24, 2.45) is 0 Å². The molecule has 0 amide bonds. The van der Waals surface area contributed by atoms with Crippen molar-refractivity contribution in [3.05, 3.63) is 65.7 Å². The summed E-state index contributed by atoms with van der Waals surface area (Å²) in [4.78, 5) is 0. The van der Waals surface area contributed by atoms with Gasteiger partial charge in [-0.25, -0.2) is 0 Å². The maximum Gasteiger partial charge on any atom is 0.115 e. The molecule has 0 radical (unpaired) electrons. The van der Waals surface area contributed by atoms with E-state index in [1.807, 2.05) is 12.1 Å². The van der Waals surface area contributed by atoms with Crippen molar-refractivity contribution in [2.45, 2.75) is 19.3 Å². The van der Waals surface area contributed by atoms with Gasteiger partial charge in [-0.1, -0.05) is 56.3 Å². The van der Waals surface area contributed by atoms with E-state index < -0.39 is 0 Å². The first-order valence-corrected chi connectivity index (χ1v) is 6.95. The molecule has 4 rings (SSSR count). The zero-order valence-corrected chi connectivity index (χ0v) is 11.6. The van der Waals surface area contributed by atoms with Crippen LogP contribution in [0.2, 0.25) is 0 Å². The van der Waals surface area contributed by atoms with E-state index in [0.29, 0.717) is 5.75 Å². The third-order valence-corrected chi connectivity index (χ3v) is 4.52. The van der Waals surface area contributed by atoms with Crippen molar-refractivity contribution < 1.29 is 5.11 Å². The molecule has 1 N–H and O–H groups in total. The third-order valence-electron chi connectivity index (χ3n) is 4.52. The highest BCUT2D eigenvalue weighted by Crippen LogP contribution is 2.51. The molecule has 3 aromatic carbocycles. The summed E-state index contributed by atoms with van der Waals surface area (Å²) >= 11 is 0. The van der Waals surface area contributed by atoms with Gasteiger partial charge in [-0.2, -0.15) is 0 Å². The van der Waals surface area contributed by atoms with Crippen LogP contribution in [0.25, 0.3) is 21.9 Å². The number of benzene rings is 3. The second kappa shape index (κ2) is 3.63. The molecule has 0 aromatic heterocycles. The van der Waals surface area contributed by atoms with E-state index in [9.17, 15) is 5.11 Å². The van der Waals surface area contributed by atoms with Crippen LogP contribution < -0.4 is 0 Å². The van der Waals surface area contributed by atoms with Crippen molar-refractivity contribution in [2.75, 3.05) is 0 Å². The predicted molar refractivity (Wildman–Crippen MR) is 83.2 cm³/mol. The highest BCUT2D eigenvalue weighted by molar-refractivity contribution is 5.97. The molecule has 0 saturated heterocycles. The van der Waals surface area contributed by atoms with Crippen LogP contribution in [0.4, 0.5) is 0 Å². The molecule has 20 heavy (non-hydrogen) atoms. The first kappa shape index (κ1) is 11.5. The molecule has 0 fully saturated rings. The van der Waals surface area contributed by atoms with Crippen molar-refractivity contribution in [1.29, 1.82) is 0 Å². The van der Waals surface area contributed by atoms with Crippen molar-refractivity contribution in [3.8, 4) is 16.9 Å². The van der Waals surface area contributed by atoms with Gasteiger partial charge >= 0.3 is 0 Å². The summed E-state index contributed by atoms with van der Waals surface area (Å²) < 4.78 is 0. The zero-order chi connectivity index (χ0) is 13.9. The molecule has 0 unspecified atom stereocenters. The van der Waals surface area contributed by atoms with E-state index in [-0.39, 0.29) is 5.41 Å². The number of rotatable bonds is 0. The largest absolute Gasteiger partial charge is 0.508 e. The van der Waals surface area contributed by atoms with Gasteiger partial charge in [0, 0.05) is 5.41 Å². The van der Waals surface area contributed by atoms with E-state index in [1.165, 1.54) is 33.0 Å². The Morgan fingerprint density at radius 1 is 0.850 bits per heavy atom. The molecule has 0 saturated carbocycles. The standard InChI is InChI=1S/C19H16O/c1-19(2)17-11-13(20)8-10-15(17)16-9-7-12-5-3-4-6-14(12)18(16)19/h3-11,20H,1-2H3. The molecule has 0 spiro atoms. The maximum absolute atomic E-state index is 9.82. The average Bonchev–Trinajstić information content (AvgIpc) is 2.67. The number of hydrogen-bond donors (Lipinski definition) is 1. The Bertz CT molecular complexity index is 844. The Kier molecular flexibility index (Phi) is 2.10. The Labute approximate surface area is 118 Å². The molecule has 0 aliphatic heterocycles.